The fourth-order valence-corrected chi connectivity index (χ4v) is 6.62. The van der Waals surface area contributed by atoms with Crippen molar-refractivity contribution in [3.63, 3.8) is 0 Å². The summed E-state index contributed by atoms with van der Waals surface area (Å²) in [5.41, 5.74) is 3.37. The molecule has 9 heteroatoms. The maximum absolute atomic E-state index is 13.2. The number of carbonyl (C=O) groups is 2. The second kappa shape index (κ2) is 8.74. The van der Waals surface area contributed by atoms with Crippen LogP contribution in [0.1, 0.15) is 40.7 Å². The van der Waals surface area contributed by atoms with Gasteiger partial charge in [0, 0.05) is 44.7 Å². The minimum absolute atomic E-state index is 0.00637. The van der Waals surface area contributed by atoms with E-state index in [2.05, 4.69) is 0 Å². The number of carbonyl (C=O) groups excluding carboxylic acids is 2. The lowest BCUT2D eigenvalue weighted by Crippen LogP contribution is -2.50. The first-order chi connectivity index (χ1) is 15.8. The summed E-state index contributed by atoms with van der Waals surface area (Å²) in [5, 5.41) is 0.437. The molecule has 33 heavy (non-hydrogen) atoms. The number of sulfonamides is 1. The van der Waals surface area contributed by atoms with Crippen LogP contribution in [0.5, 0.6) is 0 Å². The van der Waals surface area contributed by atoms with Gasteiger partial charge >= 0.3 is 0 Å². The number of fused-ring (bicyclic) bond motifs is 1. The summed E-state index contributed by atoms with van der Waals surface area (Å²) in [6, 6.07) is 10.4. The Hall–Kier alpha value is -2.42. The summed E-state index contributed by atoms with van der Waals surface area (Å²) < 4.78 is 27.8. The van der Waals surface area contributed by atoms with Gasteiger partial charge in [-0.2, -0.15) is 4.31 Å². The molecule has 2 amide bonds. The van der Waals surface area contributed by atoms with Crippen molar-refractivity contribution in [3.05, 3.63) is 58.1 Å². The van der Waals surface area contributed by atoms with Gasteiger partial charge in [-0.1, -0.05) is 17.7 Å². The van der Waals surface area contributed by atoms with Crippen LogP contribution in [0.15, 0.2) is 41.3 Å². The first kappa shape index (κ1) is 22.4. The third-order valence-corrected chi connectivity index (χ3v) is 9.01. The minimum atomic E-state index is -3.59. The summed E-state index contributed by atoms with van der Waals surface area (Å²) in [5.74, 6) is -0.180. The highest BCUT2D eigenvalue weighted by molar-refractivity contribution is 7.89. The van der Waals surface area contributed by atoms with Gasteiger partial charge < -0.3 is 9.80 Å². The molecule has 0 bridgehead atoms. The highest BCUT2D eigenvalue weighted by Crippen LogP contribution is 2.31. The summed E-state index contributed by atoms with van der Waals surface area (Å²) in [6.45, 7) is 1.70. The maximum atomic E-state index is 13.2. The number of piperazine rings is 1. The van der Waals surface area contributed by atoms with Crippen LogP contribution in [0.3, 0.4) is 0 Å². The molecule has 0 aromatic heterocycles. The average molecular weight is 488 g/mol. The molecule has 2 aromatic carbocycles. The topological polar surface area (TPSA) is 78.0 Å². The van der Waals surface area contributed by atoms with Gasteiger partial charge in [0.25, 0.3) is 5.91 Å². The number of amides is 2. The van der Waals surface area contributed by atoms with Gasteiger partial charge in [0.05, 0.1) is 15.6 Å². The fraction of sp³-hybridized carbons (Fsp3) is 0.417. The Labute approximate surface area is 199 Å². The van der Waals surface area contributed by atoms with E-state index in [9.17, 15) is 18.0 Å². The lowest BCUT2D eigenvalue weighted by molar-refractivity contribution is -0.117. The molecule has 2 heterocycles. The number of hydrogen-bond donors (Lipinski definition) is 0. The summed E-state index contributed by atoms with van der Waals surface area (Å²) in [4.78, 5) is 28.9. The molecule has 2 aliphatic heterocycles. The average Bonchev–Trinajstić information content (AvgIpc) is 3.47. The molecule has 0 unspecified atom stereocenters. The lowest BCUT2D eigenvalue weighted by atomic mass is 10.1. The monoisotopic (exact) mass is 487 g/mol. The van der Waals surface area contributed by atoms with Gasteiger partial charge in [-0.3, -0.25) is 9.59 Å². The van der Waals surface area contributed by atoms with E-state index < -0.39 is 10.0 Å². The second-order valence-electron chi connectivity index (χ2n) is 8.80. The Balaban J connectivity index is 1.28. The molecule has 2 aromatic rings. The zero-order valence-corrected chi connectivity index (χ0v) is 19.9. The molecule has 3 aliphatic rings. The van der Waals surface area contributed by atoms with Crippen LogP contribution >= 0.6 is 11.6 Å². The molecule has 5 rings (SSSR count). The number of aryl methyl sites for hydroxylation is 2. The fourth-order valence-electron chi connectivity index (χ4n) is 4.93. The molecule has 0 saturated carbocycles. The van der Waals surface area contributed by atoms with Gasteiger partial charge in [-0.25, -0.2) is 8.42 Å². The van der Waals surface area contributed by atoms with Crippen LogP contribution in [-0.2, 0) is 27.7 Å². The second-order valence-corrected chi connectivity index (χ2v) is 11.1. The smallest absolute Gasteiger partial charge is 0.254 e. The molecular weight excluding hydrogens is 462 g/mol. The Morgan fingerprint density at radius 3 is 2.33 bits per heavy atom. The van der Waals surface area contributed by atoms with Crippen molar-refractivity contribution in [2.45, 2.75) is 37.0 Å². The first-order valence-electron chi connectivity index (χ1n) is 11.4. The molecule has 2 fully saturated rings. The minimum Gasteiger partial charge on any atom is -0.336 e. The molecular formula is C24H26ClN3O4S. The SMILES string of the molecule is O=C(c1ccc(Cl)c(N2CCCC2=O)c1)N1CCN(S(=O)(=O)c2ccc3c(c2)CCC3)CC1. The molecule has 0 atom stereocenters. The number of rotatable bonds is 4. The molecule has 174 valence electrons. The van der Waals surface area contributed by atoms with Gasteiger partial charge in [0.2, 0.25) is 15.9 Å². The van der Waals surface area contributed by atoms with E-state index in [1.807, 2.05) is 12.1 Å². The molecule has 2 saturated heterocycles. The summed E-state index contributed by atoms with van der Waals surface area (Å²) in [7, 11) is -3.59. The van der Waals surface area contributed by atoms with Gasteiger partial charge in [0.15, 0.2) is 0 Å². The maximum Gasteiger partial charge on any atom is 0.254 e. The molecule has 0 spiro atoms. The van der Waals surface area contributed by atoms with Crippen molar-refractivity contribution in [3.8, 4) is 0 Å². The van der Waals surface area contributed by atoms with Gasteiger partial charge in [-0.05, 0) is 67.1 Å². The van der Waals surface area contributed by atoms with Crippen molar-refractivity contribution >= 4 is 39.1 Å². The first-order valence-corrected chi connectivity index (χ1v) is 13.2. The third kappa shape index (κ3) is 4.16. The molecule has 7 nitrogen and oxygen atoms in total. The van der Waals surface area contributed by atoms with E-state index in [-0.39, 0.29) is 24.9 Å². The number of nitrogens with zero attached hydrogens (tertiary/aromatic N) is 3. The standard InChI is InChI=1S/C24H26ClN3O4S/c25-21-9-7-19(16-22(21)28-10-2-5-23(28)29)24(30)26-11-13-27(14-12-26)33(31,32)20-8-6-17-3-1-4-18(17)15-20/h6-9,15-16H,1-5,10-14H2. The summed E-state index contributed by atoms with van der Waals surface area (Å²) in [6.07, 6.45) is 4.25. The van der Waals surface area contributed by atoms with Crippen molar-refractivity contribution < 1.29 is 18.0 Å². The zero-order chi connectivity index (χ0) is 23.2. The zero-order valence-electron chi connectivity index (χ0n) is 18.3. The lowest BCUT2D eigenvalue weighted by Gasteiger charge is -2.34. The van der Waals surface area contributed by atoms with Gasteiger partial charge in [0.1, 0.15) is 0 Å². The Morgan fingerprint density at radius 2 is 1.61 bits per heavy atom. The Kier molecular flexibility index (Phi) is 5.93. The largest absolute Gasteiger partial charge is 0.336 e. The molecule has 0 N–H and O–H groups in total. The van der Waals surface area contributed by atoms with Crippen LogP contribution in [0, 0.1) is 0 Å². The van der Waals surface area contributed by atoms with E-state index in [0.717, 1.165) is 31.2 Å². The predicted molar refractivity (Wildman–Crippen MR) is 126 cm³/mol. The highest BCUT2D eigenvalue weighted by Gasteiger charge is 2.32. The van der Waals surface area contributed by atoms with Crippen molar-refractivity contribution in [1.82, 2.24) is 9.21 Å². The van der Waals surface area contributed by atoms with E-state index >= 15 is 0 Å². The van der Waals surface area contributed by atoms with Crippen molar-refractivity contribution in [2.75, 3.05) is 37.6 Å². The molecule has 1 aliphatic carbocycles. The van der Waals surface area contributed by atoms with Crippen molar-refractivity contribution in [2.24, 2.45) is 0 Å². The number of hydrogen-bond acceptors (Lipinski definition) is 4. The van der Waals surface area contributed by atoms with Crippen LogP contribution < -0.4 is 4.90 Å². The van der Waals surface area contributed by atoms with E-state index in [0.29, 0.717) is 47.2 Å². The van der Waals surface area contributed by atoms with Gasteiger partial charge in [-0.15, -0.1) is 0 Å². The number of benzene rings is 2. The van der Waals surface area contributed by atoms with Crippen LogP contribution in [0.4, 0.5) is 5.69 Å². The quantitative estimate of drug-likeness (QED) is 0.664. The predicted octanol–water partition coefficient (Wildman–Crippen LogP) is 3.10. The molecule has 0 radical (unpaired) electrons. The Morgan fingerprint density at radius 1 is 0.848 bits per heavy atom. The normalized spacial score (nSPS) is 19.2. The Bertz CT molecular complexity index is 1220. The van der Waals surface area contributed by atoms with E-state index in [4.69, 9.17) is 11.6 Å². The van der Waals surface area contributed by atoms with Crippen LogP contribution in [0.25, 0.3) is 0 Å². The van der Waals surface area contributed by atoms with E-state index in [1.165, 1.54) is 9.87 Å². The highest BCUT2D eigenvalue weighted by atomic mass is 35.5. The van der Waals surface area contributed by atoms with Crippen LogP contribution in [-0.4, -0.2) is 62.2 Å². The van der Waals surface area contributed by atoms with E-state index in [1.54, 1.807) is 34.1 Å². The summed E-state index contributed by atoms with van der Waals surface area (Å²) >= 11 is 6.30. The van der Waals surface area contributed by atoms with Crippen LogP contribution in [0.2, 0.25) is 5.02 Å². The number of anilines is 1. The number of halogens is 1. The van der Waals surface area contributed by atoms with Crippen molar-refractivity contribution in [1.29, 1.82) is 0 Å². The third-order valence-electron chi connectivity index (χ3n) is 6.79.